The third-order valence-corrected chi connectivity index (χ3v) is 7.61. The Morgan fingerprint density at radius 2 is 1.71 bits per heavy atom. The van der Waals surface area contributed by atoms with Crippen molar-refractivity contribution < 1.29 is 4.39 Å². The minimum atomic E-state index is -0.182. The summed E-state index contributed by atoms with van der Waals surface area (Å²) in [6.07, 6.45) is 3.06. The van der Waals surface area contributed by atoms with Crippen LogP contribution in [0.1, 0.15) is 36.5 Å². The molecule has 7 heteroatoms. The number of hydrogen-bond donors (Lipinski definition) is 0. The molecule has 2 aliphatic heterocycles. The van der Waals surface area contributed by atoms with Gasteiger partial charge in [-0.25, -0.2) is 14.4 Å². The summed E-state index contributed by atoms with van der Waals surface area (Å²) in [6.45, 7) is 11.3. The molecule has 4 heterocycles. The molecule has 1 fully saturated rings. The first-order valence-electron chi connectivity index (χ1n) is 11.4. The first-order valence-corrected chi connectivity index (χ1v) is 12.3. The molecule has 0 amide bonds. The lowest BCUT2D eigenvalue weighted by Crippen LogP contribution is -2.47. The number of rotatable bonds is 5. The van der Waals surface area contributed by atoms with E-state index in [4.69, 9.17) is 9.97 Å². The lowest BCUT2D eigenvalue weighted by Gasteiger charge is -2.37. The molecule has 2 aromatic heterocycles. The predicted octanol–water partition coefficient (Wildman–Crippen LogP) is 4.49. The van der Waals surface area contributed by atoms with Crippen LogP contribution in [0.5, 0.6) is 0 Å². The van der Waals surface area contributed by atoms with Crippen LogP contribution < -0.4 is 9.80 Å². The number of hydrogen-bond acceptors (Lipinski definition) is 6. The van der Waals surface area contributed by atoms with Crippen molar-refractivity contribution in [2.75, 3.05) is 49.1 Å². The molecule has 31 heavy (non-hydrogen) atoms. The molecule has 0 aliphatic carbocycles. The van der Waals surface area contributed by atoms with Crippen molar-refractivity contribution in [3.05, 3.63) is 46.3 Å². The van der Waals surface area contributed by atoms with E-state index < -0.39 is 0 Å². The summed E-state index contributed by atoms with van der Waals surface area (Å²) in [5.74, 6) is 1.92. The fraction of sp³-hybridized carbons (Fsp3) is 0.500. The highest BCUT2D eigenvalue weighted by atomic mass is 32.1. The maximum Gasteiger partial charge on any atom is 0.141 e. The van der Waals surface area contributed by atoms with Crippen LogP contribution in [-0.2, 0) is 19.4 Å². The van der Waals surface area contributed by atoms with Crippen LogP contribution in [0, 0.1) is 5.82 Å². The Hall–Kier alpha value is -2.25. The van der Waals surface area contributed by atoms with Gasteiger partial charge in [-0.1, -0.05) is 13.8 Å². The first kappa shape index (κ1) is 20.6. The molecule has 2 aliphatic rings. The molecular formula is C24H30FN5S. The van der Waals surface area contributed by atoms with Crippen molar-refractivity contribution in [2.45, 2.75) is 39.7 Å². The van der Waals surface area contributed by atoms with E-state index in [0.29, 0.717) is 0 Å². The number of likely N-dealkylation sites (N-methyl/N-ethyl adjacent to an activating group) is 1. The topological polar surface area (TPSA) is 35.5 Å². The van der Waals surface area contributed by atoms with E-state index in [1.54, 1.807) is 12.1 Å². The lowest BCUT2D eigenvalue weighted by molar-refractivity contribution is 0.272. The van der Waals surface area contributed by atoms with Crippen LogP contribution in [0.15, 0.2) is 24.3 Å². The molecule has 1 aromatic carbocycles. The molecule has 5 nitrogen and oxygen atoms in total. The van der Waals surface area contributed by atoms with E-state index in [1.165, 1.54) is 15.8 Å². The largest absolute Gasteiger partial charge is 0.368 e. The molecular weight excluding hydrogens is 409 g/mol. The molecule has 0 atom stereocenters. The zero-order valence-electron chi connectivity index (χ0n) is 18.4. The Balaban J connectivity index is 1.46. The van der Waals surface area contributed by atoms with Gasteiger partial charge in [0.2, 0.25) is 0 Å². The summed E-state index contributed by atoms with van der Waals surface area (Å²) >= 11 is 1.87. The number of anilines is 2. The quantitative estimate of drug-likeness (QED) is 0.585. The average molecular weight is 440 g/mol. The highest BCUT2D eigenvalue weighted by Gasteiger charge is 2.27. The number of thiophene rings is 1. The maximum absolute atomic E-state index is 13.3. The van der Waals surface area contributed by atoms with Crippen molar-refractivity contribution in [1.82, 2.24) is 14.9 Å². The highest BCUT2D eigenvalue weighted by Crippen LogP contribution is 2.39. The number of halogens is 1. The Bertz CT molecular complexity index is 1060. The van der Waals surface area contributed by atoms with Crippen LogP contribution in [0.3, 0.4) is 0 Å². The van der Waals surface area contributed by atoms with Crippen molar-refractivity contribution in [1.29, 1.82) is 0 Å². The van der Waals surface area contributed by atoms with Gasteiger partial charge >= 0.3 is 0 Å². The minimum Gasteiger partial charge on any atom is -0.368 e. The summed E-state index contributed by atoms with van der Waals surface area (Å²) < 4.78 is 13.3. The van der Waals surface area contributed by atoms with Gasteiger partial charge < -0.3 is 9.80 Å². The van der Waals surface area contributed by atoms with Gasteiger partial charge in [-0.3, -0.25) is 4.90 Å². The number of fused-ring (bicyclic) bond motifs is 3. The Morgan fingerprint density at radius 1 is 0.968 bits per heavy atom. The van der Waals surface area contributed by atoms with Crippen molar-refractivity contribution >= 4 is 33.1 Å². The summed E-state index contributed by atoms with van der Waals surface area (Å²) in [4.78, 5) is 20.0. The average Bonchev–Trinajstić information content (AvgIpc) is 3.17. The fourth-order valence-electron chi connectivity index (χ4n) is 4.73. The van der Waals surface area contributed by atoms with Crippen LogP contribution in [0.2, 0.25) is 0 Å². The van der Waals surface area contributed by atoms with E-state index in [-0.39, 0.29) is 5.82 Å². The first-order chi connectivity index (χ1) is 15.2. The summed E-state index contributed by atoms with van der Waals surface area (Å²) in [6, 6.07) is 6.85. The van der Waals surface area contributed by atoms with E-state index in [0.717, 1.165) is 87.2 Å². The van der Waals surface area contributed by atoms with Gasteiger partial charge in [-0.2, -0.15) is 0 Å². The van der Waals surface area contributed by atoms with Crippen LogP contribution >= 0.6 is 11.3 Å². The van der Waals surface area contributed by atoms with E-state index in [2.05, 4.69) is 28.5 Å². The second kappa shape index (κ2) is 8.71. The molecule has 1 saturated heterocycles. The third-order valence-electron chi connectivity index (χ3n) is 6.50. The van der Waals surface area contributed by atoms with Crippen molar-refractivity contribution in [3.8, 4) is 0 Å². The highest BCUT2D eigenvalue weighted by molar-refractivity contribution is 7.19. The van der Waals surface area contributed by atoms with Gasteiger partial charge in [-0.05, 0) is 49.2 Å². The second-order valence-corrected chi connectivity index (χ2v) is 9.55. The van der Waals surface area contributed by atoms with E-state index >= 15 is 0 Å². The monoisotopic (exact) mass is 439 g/mol. The number of aryl methyl sites for hydroxylation is 1. The molecule has 0 saturated carbocycles. The molecule has 0 unspecified atom stereocenters. The zero-order chi connectivity index (χ0) is 21.4. The van der Waals surface area contributed by atoms with Gasteiger partial charge in [0, 0.05) is 56.3 Å². The molecule has 3 aromatic rings. The Kier molecular flexibility index (Phi) is 5.80. The molecule has 0 bridgehead atoms. The SMILES string of the molecule is CCCc1nc(N2CCN(c3ccc(F)cc3)CC2)c2c3c(sc2n1)CN(CC)CC3. The van der Waals surface area contributed by atoms with Gasteiger partial charge in [0.05, 0.1) is 5.39 Å². The number of nitrogens with zero attached hydrogens (tertiary/aromatic N) is 5. The molecule has 5 rings (SSSR count). The molecule has 164 valence electrons. The second-order valence-electron chi connectivity index (χ2n) is 8.47. The van der Waals surface area contributed by atoms with Crippen LogP contribution in [-0.4, -0.2) is 54.1 Å². The number of benzene rings is 1. The molecule has 0 spiro atoms. The number of piperazine rings is 1. The summed E-state index contributed by atoms with van der Waals surface area (Å²) in [5, 5.41) is 1.30. The summed E-state index contributed by atoms with van der Waals surface area (Å²) in [5.41, 5.74) is 2.57. The maximum atomic E-state index is 13.3. The van der Waals surface area contributed by atoms with Gasteiger partial charge in [0.1, 0.15) is 22.3 Å². The number of aromatic nitrogens is 2. The van der Waals surface area contributed by atoms with Gasteiger partial charge in [0.15, 0.2) is 0 Å². The fourth-order valence-corrected chi connectivity index (χ4v) is 6.01. The smallest absolute Gasteiger partial charge is 0.141 e. The van der Waals surface area contributed by atoms with E-state index in [9.17, 15) is 4.39 Å². The van der Waals surface area contributed by atoms with Crippen molar-refractivity contribution in [3.63, 3.8) is 0 Å². The minimum absolute atomic E-state index is 0.182. The lowest BCUT2D eigenvalue weighted by atomic mass is 10.0. The Labute approximate surface area is 187 Å². The van der Waals surface area contributed by atoms with Crippen LogP contribution in [0.4, 0.5) is 15.9 Å². The van der Waals surface area contributed by atoms with Gasteiger partial charge in [0.25, 0.3) is 0 Å². The predicted molar refractivity (Wildman–Crippen MR) is 127 cm³/mol. The molecule has 0 radical (unpaired) electrons. The van der Waals surface area contributed by atoms with Crippen LogP contribution in [0.25, 0.3) is 10.2 Å². The normalized spacial score (nSPS) is 17.4. The zero-order valence-corrected chi connectivity index (χ0v) is 19.2. The van der Waals surface area contributed by atoms with Gasteiger partial charge in [-0.15, -0.1) is 11.3 Å². The molecule has 0 N–H and O–H groups in total. The standard InChI is InChI=1S/C24H30FN5S/c1-3-5-21-26-23(22-19-10-11-28(4-2)16-20(19)31-24(22)27-21)30-14-12-29(13-15-30)18-8-6-17(25)7-9-18/h6-9H,3-5,10-16H2,1-2H3. The Morgan fingerprint density at radius 3 is 2.42 bits per heavy atom. The van der Waals surface area contributed by atoms with E-state index in [1.807, 2.05) is 23.5 Å². The van der Waals surface area contributed by atoms with Crippen molar-refractivity contribution in [2.24, 2.45) is 0 Å². The summed E-state index contributed by atoms with van der Waals surface area (Å²) in [7, 11) is 0. The third kappa shape index (κ3) is 4.01.